The third kappa shape index (κ3) is 3.73. The van der Waals surface area contributed by atoms with E-state index in [1.54, 1.807) is 0 Å². The molecule has 2 rings (SSSR count). The molecule has 1 aromatic carbocycles. The molecule has 1 aliphatic carbocycles. The van der Waals surface area contributed by atoms with Gasteiger partial charge in [-0.2, -0.15) is 0 Å². The predicted octanol–water partition coefficient (Wildman–Crippen LogP) is 3.68. The topological polar surface area (TPSA) is 26.3 Å². The van der Waals surface area contributed by atoms with Gasteiger partial charge in [-0.25, -0.2) is 0 Å². The Kier molecular flexibility index (Phi) is 3.55. The summed E-state index contributed by atoms with van der Waals surface area (Å²) in [6, 6.07) is 10.1. The van der Waals surface area contributed by atoms with Crippen LogP contribution in [-0.2, 0) is 9.53 Å². The average Bonchev–Trinajstić information content (AvgIpc) is 3.05. The summed E-state index contributed by atoms with van der Waals surface area (Å²) >= 11 is 0. The number of allylic oxidation sites excluding steroid dienone is 1. The van der Waals surface area contributed by atoms with Crippen LogP contribution < -0.4 is 0 Å². The third-order valence-electron chi connectivity index (χ3n) is 2.88. The van der Waals surface area contributed by atoms with Crippen molar-refractivity contribution >= 4 is 12.0 Å². The molecular weight excluding hydrogens is 224 g/mol. The summed E-state index contributed by atoms with van der Waals surface area (Å²) in [4.78, 5) is 11.8. The van der Waals surface area contributed by atoms with Crippen molar-refractivity contribution in [2.24, 2.45) is 11.8 Å². The van der Waals surface area contributed by atoms with Gasteiger partial charge in [0, 0.05) is 0 Å². The van der Waals surface area contributed by atoms with Crippen molar-refractivity contribution in [2.45, 2.75) is 32.8 Å². The van der Waals surface area contributed by atoms with Crippen molar-refractivity contribution in [2.75, 3.05) is 0 Å². The molecule has 0 aliphatic heterocycles. The Bertz CT molecular complexity index is 440. The number of carbonyl (C=O) groups excluding carboxylic acids is 1. The van der Waals surface area contributed by atoms with Crippen LogP contribution in [0, 0.1) is 11.8 Å². The molecule has 1 aliphatic rings. The molecule has 96 valence electrons. The molecular formula is C16H20O2. The number of hydrogen-bond acceptors (Lipinski definition) is 2. The zero-order valence-electron chi connectivity index (χ0n) is 11.2. The highest BCUT2D eigenvalue weighted by Crippen LogP contribution is 2.41. The first-order valence-electron chi connectivity index (χ1n) is 6.42. The monoisotopic (exact) mass is 244 g/mol. The fourth-order valence-electron chi connectivity index (χ4n) is 1.87. The molecule has 0 saturated heterocycles. The van der Waals surface area contributed by atoms with Crippen molar-refractivity contribution in [3.8, 4) is 0 Å². The van der Waals surface area contributed by atoms with Gasteiger partial charge in [-0.15, -0.1) is 0 Å². The molecule has 1 fully saturated rings. The highest BCUT2D eigenvalue weighted by Gasteiger charge is 2.43. The molecule has 0 amide bonds. The Balaban J connectivity index is 1.85. The Labute approximate surface area is 109 Å². The van der Waals surface area contributed by atoms with Crippen molar-refractivity contribution in [1.82, 2.24) is 0 Å². The largest absolute Gasteiger partial charge is 0.460 e. The van der Waals surface area contributed by atoms with Crippen LogP contribution in [0.25, 0.3) is 6.08 Å². The van der Waals surface area contributed by atoms with Crippen LogP contribution in [-0.4, -0.2) is 11.6 Å². The van der Waals surface area contributed by atoms with E-state index in [4.69, 9.17) is 4.74 Å². The molecule has 0 aromatic heterocycles. The van der Waals surface area contributed by atoms with E-state index in [0.29, 0.717) is 5.92 Å². The lowest BCUT2D eigenvalue weighted by molar-refractivity contribution is -0.156. The van der Waals surface area contributed by atoms with Gasteiger partial charge in [-0.3, -0.25) is 4.79 Å². The molecule has 0 heterocycles. The number of rotatable bonds is 3. The zero-order chi connectivity index (χ0) is 13.2. The molecule has 0 radical (unpaired) electrons. The molecule has 1 saturated carbocycles. The first-order chi connectivity index (χ1) is 8.46. The zero-order valence-corrected chi connectivity index (χ0v) is 11.2. The van der Waals surface area contributed by atoms with Gasteiger partial charge < -0.3 is 4.74 Å². The summed E-state index contributed by atoms with van der Waals surface area (Å²) in [5, 5.41) is 0. The number of hydrogen-bond donors (Lipinski definition) is 0. The molecule has 18 heavy (non-hydrogen) atoms. The minimum absolute atomic E-state index is 0.0594. The van der Waals surface area contributed by atoms with Crippen molar-refractivity contribution in [1.29, 1.82) is 0 Å². The molecule has 1 aromatic rings. The van der Waals surface area contributed by atoms with E-state index in [2.05, 4.69) is 24.3 Å². The Morgan fingerprint density at radius 1 is 1.28 bits per heavy atom. The fourth-order valence-corrected chi connectivity index (χ4v) is 1.87. The lowest BCUT2D eigenvalue weighted by Gasteiger charge is -2.19. The maximum absolute atomic E-state index is 11.8. The Morgan fingerprint density at radius 2 is 1.94 bits per heavy atom. The molecule has 0 unspecified atom stereocenters. The first kappa shape index (κ1) is 12.9. The normalized spacial score (nSPS) is 23.1. The smallest absolute Gasteiger partial charge is 0.310 e. The van der Waals surface area contributed by atoms with Gasteiger partial charge in [0.1, 0.15) is 5.60 Å². The van der Waals surface area contributed by atoms with Crippen LogP contribution in [0.2, 0.25) is 0 Å². The number of carbonyl (C=O) groups is 1. The van der Waals surface area contributed by atoms with Crippen LogP contribution in [0.4, 0.5) is 0 Å². The van der Waals surface area contributed by atoms with Crippen LogP contribution in [0.5, 0.6) is 0 Å². The van der Waals surface area contributed by atoms with E-state index in [1.807, 2.05) is 39.0 Å². The lowest BCUT2D eigenvalue weighted by atomic mass is 10.1. The van der Waals surface area contributed by atoms with Crippen molar-refractivity contribution in [3.63, 3.8) is 0 Å². The van der Waals surface area contributed by atoms with Gasteiger partial charge in [0.2, 0.25) is 0 Å². The molecule has 2 nitrogen and oxygen atoms in total. The fraction of sp³-hybridized carbons (Fsp3) is 0.438. The quantitative estimate of drug-likeness (QED) is 0.758. The van der Waals surface area contributed by atoms with Gasteiger partial charge >= 0.3 is 5.97 Å². The van der Waals surface area contributed by atoms with E-state index in [1.165, 1.54) is 5.56 Å². The van der Waals surface area contributed by atoms with Gasteiger partial charge in [0.25, 0.3) is 0 Å². The minimum atomic E-state index is -0.382. The molecule has 0 bridgehead atoms. The van der Waals surface area contributed by atoms with E-state index < -0.39 is 0 Å². The van der Waals surface area contributed by atoms with E-state index in [9.17, 15) is 4.79 Å². The van der Waals surface area contributed by atoms with Crippen LogP contribution in [0.15, 0.2) is 36.4 Å². The van der Waals surface area contributed by atoms with Gasteiger partial charge in [-0.1, -0.05) is 42.5 Å². The third-order valence-corrected chi connectivity index (χ3v) is 2.88. The first-order valence-corrected chi connectivity index (χ1v) is 6.42. The maximum atomic E-state index is 11.8. The van der Waals surface area contributed by atoms with E-state index in [-0.39, 0.29) is 17.5 Å². The Hall–Kier alpha value is -1.57. The summed E-state index contributed by atoms with van der Waals surface area (Å²) in [6.45, 7) is 5.71. The molecule has 0 N–H and O–H groups in total. The molecule has 2 atom stereocenters. The van der Waals surface area contributed by atoms with Crippen LogP contribution in [0.3, 0.4) is 0 Å². The highest BCUT2D eigenvalue weighted by atomic mass is 16.6. The summed E-state index contributed by atoms with van der Waals surface area (Å²) in [5.41, 5.74) is 0.792. The standard InChI is InChI=1S/C16H20O2/c1-16(2,3)18-15(17)14-11-13(14)10-9-12-7-5-4-6-8-12/h4-10,13-14H,11H2,1-3H3/b10-9+/t13-,14-/m1/s1. The summed E-state index contributed by atoms with van der Waals surface area (Å²) in [5.74, 6) is 0.342. The van der Waals surface area contributed by atoms with Crippen molar-refractivity contribution in [3.05, 3.63) is 42.0 Å². The minimum Gasteiger partial charge on any atom is -0.460 e. The Morgan fingerprint density at radius 3 is 2.56 bits per heavy atom. The highest BCUT2D eigenvalue weighted by molar-refractivity contribution is 5.77. The molecule has 2 heteroatoms. The lowest BCUT2D eigenvalue weighted by Crippen LogP contribution is -2.25. The summed E-state index contributed by atoms with van der Waals surface area (Å²) < 4.78 is 5.37. The SMILES string of the molecule is CC(C)(C)OC(=O)[C@@H]1C[C@H]1/C=C/c1ccccc1. The number of benzene rings is 1. The van der Waals surface area contributed by atoms with Gasteiger partial charge in [0.05, 0.1) is 5.92 Å². The van der Waals surface area contributed by atoms with Crippen molar-refractivity contribution < 1.29 is 9.53 Å². The average molecular weight is 244 g/mol. The second-order valence-corrected chi connectivity index (χ2v) is 5.81. The van der Waals surface area contributed by atoms with Gasteiger partial charge in [0.15, 0.2) is 0 Å². The van der Waals surface area contributed by atoms with Gasteiger partial charge in [-0.05, 0) is 38.7 Å². The molecule has 0 spiro atoms. The number of ether oxygens (including phenoxy) is 1. The summed E-state index contributed by atoms with van der Waals surface area (Å²) in [7, 11) is 0. The van der Waals surface area contributed by atoms with Crippen LogP contribution in [0.1, 0.15) is 32.8 Å². The second-order valence-electron chi connectivity index (χ2n) is 5.81. The van der Waals surface area contributed by atoms with E-state index >= 15 is 0 Å². The van der Waals surface area contributed by atoms with Crippen LogP contribution >= 0.6 is 0 Å². The number of esters is 1. The predicted molar refractivity (Wildman–Crippen MR) is 72.9 cm³/mol. The van der Waals surface area contributed by atoms with E-state index in [0.717, 1.165) is 6.42 Å². The summed E-state index contributed by atoms with van der Waals surface area (Å²) in [6.07, 6.45) is 5.11. The maximum Gasteiger partial charge on any atom is 0.310 e. The second kappa shape index (κ2) is 4.97.